The lowest BCUT2D eigenvalue weighted by atomic mass is 10.0. The van der Waals surface area contributed by atoms with Crippen LogP contribution < -0.4 is 9.47 Å². The van der Waals surface area contributed by atoms with Crippen molar-refractivity contribution in [3.8, 4) is 11.5 Å². The summed E-state index contributed by atoms with van der Waals surface area (Å²) >= 11 is 0. The monoisotopic (exact) mass is 286 g/mol. The molecule has 3 nitrogen and oxygen atoms in total. The zero-order valence-corrected chi connectivity index (χ0v) is 13.0. The molecule has 21 heavy (non-hydrogen) atoms. The van der Waals surface area contributed by atoms with Gasteiger partial charge in [0.1, 0.15) is 18.1 Å². The average molecular weight is 286 g/mol. The van der Waals surface area contributed by atoms with E-state index in [-0.39, 0.29) is 0 Å². The number of methoxy groups -OCH3 is 1. The molecule has 0 bridgehead atoms. The molecule has 0 aromatic heterocycles. The molecule has 0 saturated heterocycles. The normalized spacial score (nSPS) is 12.0. The van der Waals surface area contributed by atoms with E-state index in [0.717, 1.165) is 11.3 Å². The molecule has 0 spiro atoms. The van der Waals surface area contributed by atoms with Crippen LogP contribution in [0.2, 0.25) is 0 Å². The molecule has 1 N–H and O–H groups in total. The maximum atomic E-state index is 9.85. The Kier molecular flexibility index (Phi) is 4.86. The maximum Gasteiger partial charge on any atom is 0.129 e. The van der Waals surface area contributed by atoms with Crippen molar-refractivity contribution in [2.24, 2.45) is 0 Å². The fourth-order valence-corrected chi connectivity index (χ4v) is 2.34. The first kappa shape index (κ1) is 15.4. The molecular formula is C18H22O3. The summed E-state index contributed by atoms with van der Waals surface area (Å²) in [5.74, 6) is 1.38. The van der Waals surface area contributed by atoms with Crippen molar-refractivity contribution in [2.45, 2.75) is 33.5 Å². The first-order chi connectivity index (χ1) is 10.0. The molecule has 0 saturated carbocycles. The maximum absolute atomic E-state index is 9.85. The number of aryl methyl sites for hydroxylation is 2. The molecule has 0 radical (unpaired) electrons. The predicted molar refractivity (Wildman–Crippen MR) is 83.9 cm³/mol. The Morgan fingerprint density at radius 1 is 1.10 bits per heavy atom. The first-order valence-electron chi connectivity index (χ1n) is 7.07. The highest BCUT2D eigenvalue weighted by molar-refractivity contribution is 5.42. The summed E-state index contributed by atoms with van der Waals surface area (Å²) in [7, 11) is 1.62. The molecular weight excluding hydrogens is 264 g/mol. The third-order valence-electron chi connectivity index (χ3n) is 3.69. The van der Waals surface area contributed by atoms with Crippen molar-refractivity contribution in [1.29, 1.82) is 0 Å². The van der Waals surface area contributed by atoms with Gasteiger partial charge in [0.15, 0.2) is 0 Å². The third kappa shape index (κ3) is 3.56. The van der Waals surface area contributed by atoms with Gasteiger partial charge in [0, 0.05) is 11.6 Å². The molecule has 0 heterocycles. The Balaban J connectivity index is 2.26. The van der Waals surface area contributed by atoms with Gasteiger partial charge in [-0.2, -0.15) is 0 Å². The number of ether oxygens (including phenoxy) is 2. The summed E-state index contributed by atoms with van der Waals surface area (Å²) in [5, 5.41) is 9.85. The van der Waals surface area contributed by atoms with E-state index in [0.29, 0.717) is 12.4 Å². The second-order valence-electron chi connectivity index (χ2n) is 5.24. The quantitative estimate of drug-likeness (QED) is 0.904. The zero-order chi connectivity index (χ0) is 15.4. The van der Waals surface area contributed by atoms with E-state index in [1.54, 1.807) is 14.0 Å². The minimum absolute atomic E-state index is 0.478. The molecule has 2 rings (SSSR count). The zero-order valence-electron chi connectivity index (χ0n) is 13.0. The van der Waals surface area contributed by atoms with Gasteiger partial charge in [-0.15, -0.1) is 0 Å². The molecule has 2 aromatic rings. The average Bonchev–Trinajstić information content (AvgIpc) is 2.46. The Bertz CT molecular complexity index is 598. The van der Waals surface area contributed by atoms with Gasteiger partial charge >= 0.3 is 0 Å². The van der Waals surface area contributed by atoms with Crippen molar-refractivity contribution in [1.82, 2.24) is 0 Å². The van der Waals surface area contributed by atoms with Crippen molar-refractivity contribution in [2.75, 3.05) is 7.11 Å². The van der Waals surface area contributed by atoms with Gasteiger partial charge in [0.05, 0.1) is 13.2 Å². The highest BCUT2D eigenvalue weighted by atomic mass is 16.5. The van der Waals surface area contributed by atoms with Crippen LogP contribution in [0.1, 0.15) is 35.3 Å². The van der Waals surface area contributed by atoms with Crippen molar-refractivity contribution < 1.29 is 14.6 Å². The van der Waals surface area contributed by atoms with E-state index in [9.17, 15) is 5.11 Å². The topological polar surface area (TPSA) is 38.7 Å². The lowest BCUT2D eigenvalue weighted by molar-refractivity contribution is 0.189. The second kappa shape index (κ2) is 6.64. The molecule has 3 heteroatoms. The number of aliphatic hydroxyl groups excluding tert-OH is 1. The highest BCUT2D eigenvalue weighted by Crippen LogP contribution is 2.30. The van der Waals surface area contributed by atoms with Gasteiger partial charge in [-0.3, -0.25) is 0 Å². The Labute approximate surface area is 126 Å². The Morgan fingerprint density at radius 3 is 2.33 bits per heavy atom. The van der Waals surface area contributed by atoms with Crippen LogP contribution in [0.3, 0.4) is 0 Å². The van der Waals surface area contributed by atoms with Crippen molar-refractivity contribution >= 4 is 0 Å². The van der Waals surface area contributed by atoms with Gasteiger partial charge in [0.25, 0.3) is 0 Å². The van der Waals surface area contributed by atoms with Crippen LogP contribution in [0.15, 0.2) is 36.4 Å². The Hall–Kier alpha value is -2.00. The molecule has 0 fully saturated rings. The summed E-state index contributed by atoms with van der Waals surface area (Å²) in [5.41, 5.74) is 4.35. The molecule has 0 aliphatic heterocycles. The summed E-state index contributed by atoms with van der Waals surface area (Å²) in [6.45, 7) is 6.36. The lowest BCUT2D eigenvalue weighted by Crippen LogP contribution is -2.04. The fourth-order valence-electron chi connectivity index (χ4n) is 2.34. The summed E-state index contributed by atoms with van der Waals surface area (Å²) in [6.07, 6.45) is -0.580. The standard InChI is InChI=1S/C18H22O3/c1-12-6-5-7-13(2)17(12)11-21-18-10-15(20-4)8-9-16(18)14(3)19/h5-10,14,19H,11H2,1-4H3/t14-/m0/s1. The van der Waals surface area contributed by atoms with E-state index in [4.69, 9.17) is 9.47 Å². The van der Waals surface area contributed by atoms with Crippen molar-refractivity contribution in [3.05, 3.63) is 58.7 Å². The number of hydrogen-bond acceptors (Lipinski definition) is 3. The smallest absolute Gasteiger partial charge is 0.129 e. The second-order valence-corrected chi connectivity index (χ2v) is 5.24. The van der Waals surface area contributed by atoms with Gasteiger partial charge in [-0.05, 0) is 49.6 Å². The van der Waals surface area contributed by atoms with Crippen LogP contribution in [0, 0.1) is 13.8 Å². The van der Waals surface area contributed by atoms with Crippen LogP contribution in [-0.2, 0) is 6.61 Å². The predicted octanol–water partition coefficient (Wildman–Crippen LogP) is 3.94. The Morgan fingerprint density at radius 2 is 1.76 bits per heavy atom. The largest absolute Gasteiger partial charge is 0.497 e. The molecule has 0 amide bonds. The van der Waals surface area contributed by atoms with E-state index < -0.39 is 6.10 Å². The summed E-state index contributed by atoms with van der Waals surface area (Å²) in [6, 6.07) is 11.7. The van der Waals surface area contributed by atoms with Crippen LogP contribution in [0.5, 0.6) is 11.5 Å². The van der Waals surface area contributed by atoms with Crippen LogP contribution in [-0.4, -0.2) is 12.2 Å². The SMILES string of the molecule is COc1ccc([C@H](C)O)c(OCc2c(C)cccc2C)c1. The van der Waals surface area contributed by atoms with Crippen LogP contribution in [0.4, 0.5) is 0 Å². The summed E-state index contributed by atoms with van der Waals surface area (Å²) < 4.78 is 11.2. The van der Waals surface area contributed by atoms with Gasteiger partial charge < -0.3 is 14.6 Å². The number of aliphatic hydroxyl groups is 1. The number of benzene rings is 2. The number of hydrogen-bond donors (Lipinski definition) is 1. The van der Waals surface area contributed by atoms with Crippen LogP contribution >= 0.6 is 0 Å². The molecule has 0 aliphatic carbocycles. The third-order valence-corrected chi connectivity index (χ3v) is 3.69. The fraction of sp³-hybridized carbons (Fsp3) is 0.333. The van der Waals surface area contributed by atoms with Gasteiger partial charge in [0.2, 0.25) is 0 Å². The van der Waals surface area contributed by atoms with Gasteiger partial charge in [-0.25, -0.2) is 0 Å². The number of rotatable bonds is 5. The highest BCUT2D eigenvalue weighted by Gasteiger charge is 2.12. The van der Waals surface area contributed by atoms with E-state index in [1.165, 1.54) is 16.7 Å². The van der Waals surface area contributed by atoms with Gasteiger partial charge in [-0.1, -0.05) is 18.2 Å². The first-order valence-corrected chi connectivity index (χ1v) is 7.07. The van der Waals surface area contributed by atoms with E-state index >= 15 is 0 Å². The minimum Gasteiger partial charge on any atom is -0.497 e. The van der Waals surface area contributed by atoms with E-state index in [2.05, 4.69) is 26.0 Å². The molecule has 1 atom stereocenters. The molecule has 2 aromatic carbocycles. The summed E-state index contributed by atoms with van der Waals surface area (Å²) in [4.78, 5) is 0. The lowest BCUT2D eigenvalue weighted by Gasteiger charge is -2.16. The molecule has 0 aliphatic rings. The van der Waals surface area contributed by atoms with Crippen molar-refractivity contribution in [3.63, 3.8) is 0 Å². The molecule has 112 valence electrons. The van der Waals surface area contributed by atoms with Crippen LogP contribution in [0.25, 0.3) is 0 Å². The minimum atomic E-state index is -0.580. The molecule has 0 unspecified atom stereocenters. The van der Waals surface area contributed by atoms with E-state index in [1.807, 2.05) is 24.3 Å².